The monoisotopic (exact) mass is 386 g/mol. The second-order valence-corrected chi connectivity index (χ2v) is 8.52. The van der Waals surface area contributed by atoms with Crippen LogP contribution in [0.4, 0.5) is 5.00 Å². The molecule has 5 nitrogen and oxygen atoms in total. The standard InChI is InChI=1S/C21H26N2O3S/c1-14-15(2)27-21-19(14)12-22(11-18-5-4-10-26-18)13-23(21)20(24)16-6-8-17(25-3)9-7-16/h6-9,18H,4-5,10-13H2,1-3H3/t18-/m1/s1. The van der Waals surface area contributed by atoms with Crippen molar-refractivity contribution in [2.75, 3.05) is 31.8 Å². The van der Waals surface area contributed by atoms with Gasteiger partial charge >= 0.3 is 0 Å². The summed E-state index contributed by atoms with van der Waals surface area (Å²) in [5, 5.41) is 1.09. The molecule has 0 unspecified atom stereocenters. The minimum Gasteiger partial charge on any atom is -0.497 e. The molecule has 1 atom stereocenters. The van der Waals surface area contributed by atoms with E-state index >= 15 is 0 Å². The van der Waals surface area contributed by atoms with E-state index in [-0.39, 0.29) is 12.0 Å². The van der Waals surface area contributed by atoms with Gasteiger partial charge < -0.3 is 9.47 Å². The maximum Gasteiger partial charge on any atom is 0.260 e. The molecule has 2 aromatic rings. The number of methoxy groups -OCH3 is 1. The van der Waals surface area contributed by atoms with Crippen molar-refractivity contribution >= 4 is 22.2 Å². The average molecular weight is 387 g/mol. The van der Waals surface area contributed by atoms with Gasteiger partial charge in [-0.25, -0.2) is 0 Å². The summed E-state index contributed by atoms with van der Waals surface area (Å²) >= 11 is 1.72. The van der Waals surface area contributed by atoms with Crippen molar-refractivity contribution < 1.29 is 14.3 Å². The van der Waals surface area contributed by atoms with Gasteiger partial charge in [-0.1, -0.05) is 0 Å². The number of carbonyl (C=O) groups is 1. The van der Waals surface area contributed by atoms with Gasteiger partial charge in [0.15, 0.2) is 0 Å². The van der Waals surface area contributed by atoms with Gasteiger partial charge in [0.05, 0.1) is 19.9 Å². The lowest BCUT2D eigenvalue weighted by Gasteiger charge is -2.36. The van der Waals surface area contributed by atoms with E-state index in [1.807, 2.05) is 29.2 Å². The van der Waals surface area contributed by atoms with Crippen molar-refractivity contribution in [3.8, 4) is 5.75 Å². The molecule has 0 N–H and O–H groups in total. The molecule has 0 spiro atoms. The number of benzene rings is 1. The number of thiophene rings is 1. The van der Waals surface area contributed by atoms with Gasteiger partial charge in [0, 0.05) is 35.7 Å². The minimum absolute atomic E-state index is 0.0391. The summed E-state index contributed by atoms with van der Waals surface area (Å²) in [6, 6.07) is 7.36. The normalized spacial score (nSPS) is 20.0. The van der Waals surface area contributed by atoms with Crippen LogP contribution in [-0.2, 0) is 11.3 Å². The van der Waals surface area contributed by atoms with Gasteiger partial charge in [0.25, 0.3) is 5.91 Å². The number of fused-ring (bicyclic) bond motifs is 1. The molecule has 1 fully saturated rings. The lowest BCUT2D eigenvalue weighted by Crippen LogP contribution is -2.47. The van der Waals surface area contributed by atoms with Crippen molar-refractivity contribution in [1.29, 1.82) is 0 Å². The van der Waals surface area contributed by atoms with Crippen LogP contribution in [0.25, 0.3) is 0 Å². The molecule has 2 aliphatic rings. The number of rotatable bonds is 4. The number of hydrogen-bond donors (Lipinski definition) is 0. The molecule has 144 valence electrons. The van der Waals surface area contributed by atoms with Crippen LogP contribution < -0.4 is 9.64 Å². The maximum atomic E-state index is 13.3. The molecule has 1 aromatic carbocycles. The molecule has 2 aliphatic heterocycles. The molecule has 1 amide bonds. The zero-order valence-corrected chi connectivity index (χ0v) is 17.0. The molecular weight excluding hydrogens is 360 g/mol. The topological polar surface area (TPSA) is 42.0 Å². The van der Waals surface area contributed by atoms with E-state index in [4.69, 9.17) is 9.47 Å². The Bertz CT molecular complexity index is 825. The van der Waals surface area contributed by atoms with Crippen molar-refractivity contribution in [3.05, 3.63) is 45.8 Å². The van der Waals surface area contributed by atoms with Crippen LogP contribution in [-0.4, -0.2) is 43.8 Å². The van der Waals surface area contributed by atoms with Gasteiger partial charge in [-0.2, -0.15) is 0 Å². The fourth-order valence-corrected chi connectivity index (χ4v) is 5.00. The summed E-state index contributed by atoms with van der Waals surface area (Å²) in [6.07, 6.45) is 2.52. The molecule has 0 bridgehead atoms. The highest BCUT2D eigenvalue weighted by molar-refractivity contribution is 7.16. The zero-order chi connectivity index (χ0) is 19.0. The van der Waals surface area contributed by atoms with Crippen molar-refractivity contribution in [2.45, 2.75) is 39.3 Å². The highest BCUT2D eigenvalue weighted by Gasteiger charge is 2.32. The van der Waals surface area contributed by atoms with E-state index < -0.39 is 0 Å². The van der Waals surface area contributed by atoms with Crippen LogP contribution in [0.2, 0.25) is 0 Å². The molecular formula is C21H26N2O3S. The molecule has 1 saturated heterocycles. The third-order valence-electron chi connectivity index (χ3n) is 5.52. The lowest BCUT2D eigenvalue weighted by molar-refractivity contribution is 0.0663. The number of ether oxygens (including phenoxy) is 2. The van der Waals surface area contributed by atoms with E-state index in [0.29, 0.717) is 12.2 Å². The van der Waals surface area contributed by atoms with Gasteiger partial charge in [-0.3, -0.25) is 14.6 Å². The summed E-state index contributed by atoms with van der Waals surface area (Å²) in [6.45, 7) is 7.53. The molecule has 4 rings (SSSR count). The average Bonchev–Trinajstić information content (AvgIpc) is 3.30. The smallest absolute Gasteiger partial charge is 0.260 e. The third-order valence-corrected chi connectivity index (χ3v) is 6.80. The van der Waals surface area contributed by atoms with Crippen LogP contribution in [0, 0.1) is 13.8 Å². The van der Waals surface area contributed by atoms with Gasteiger partial charge in [-0.15, -0.1) is 11.3 Å². The van der Waals surface area contributed by atoms with Crippen LogP contribution in [0.1, 0.15) is 39.2 Å². The predicted molar refractivity (Wildman–Crippen MR) is 108 cm³/mol. The second-order valence-electron chi connectivity index (χ2n) is 7.32. The summed E-state index contributed by atoms with van der Waals surface area (Å²) < 4.78 is 11.0. The number of amides is 1. The number of nitrogens with zero attached hydrogens (tertiary/aromatic N) is 2. The Labute approximate surface area is 164 Å². The van der Waals surface area contributed by atoms with Crippen molar-refractivity contribution in [2.24, 2.45) is 0 Å². The Morgan fingerprint density at radius 1 is 1.30 bits per heavy atom. The maximum absolute atomic E-state index is 13.3. The minimum atomic E-state index is 0.0391. The van der Waals surface area contributed by atoms with Gasteiger partial charge in [0.1, 0.15) is 10.8 Å². The lowest BCUT2D eigenvalue weighted by atomic mass is 10.1. The van der Waals surface area contributed by atoms with E-state index in [9.17, 15) is 4.79 Å². The first-order chi connectivity index (χ1) is 13.1. The summed E-state index contributed by atoms with van der Waals surface area (Å²) in [4.78, 5) is 18.9. The quantitative estimate of drug-likeness (QED) is 0.797. The number of hydrogen-bond acceptors (Lipinski definition) is 5. The third kappa shape index (κ3) is 3.61. The fourth-order valence-electron chi connectivity index (χ4n) is 3.84. The molecule has 0 aliphatic carbocycles. The van der Waals surface area contributed by atoms with Crippen molar-refractivity contribution in [3.63, 3.8) is 0 Å². The molecule has 6 heteroatoms. The molecule has 0 radical (unpaired) electrons. The SMILES string of the molecule is COc1ccc(C(=O)N2CN(C[C@H]3CCCO3)Cc3c2sc(C)c3C)cc1. The van der Waals surface area contributed by atoms with Gasteiger partial charge in [0.2, 0.25) is 0 Å². The van der Waals surface area contributed by atoms with E-state index in [1.165, 1.54) is 16.0 Å². The largest absolute Gasteiger partial charge is 0.497 e. The summed E-state index contributed by atoms with van der Waals surface area (Å²) in [7, 11) is 1.63. The Balaban J connectivity index is 1.62. The molecule has 27 heavy (non-hydrogen) atoms. The van der Waals surface area contributed by atoms with Crippen LogP contribution >= 0.6 is 11.3 Å². The van der Waals surface area contributed by atoms with E-state index in [2.05, 4.69) is 18.7 Å². The molecule has 0 saturated carbocycles. The summed E-state index contributed by atoms with van der Waals surface area (Å²) in [5.74, 6) is 0.797. The number of carbonyl (C=O) groups excluding carboxylic acids is 1. The highest BCUT2D eigenvalue weighted by Crippen LogP contribution is 2.40. The predicted octanol–water partition coefficient (Wildman–Crippen LogP) is 3.97. The first-order valence-electron chi connectivity index (χ1n) is 9.45. The van der Waals surface area contributed by atoms with Crippen LogP contribution in [0.15, 0.2) is 24.3 Å². The van der Waals surface area contributed by atoms with E-state index in [1.54, 1.807) is 18.4 Å². The Hall–Kier alpha value is -1.89. The number of aryl methyl sites for hydroxylation is 1. The fraction of sp³-hybridized carbons (Fsp3) is 0.476. The highest BCUT2D eigenvalue weighted by atomic mass is 32.1. The second kappa shape index (κ2) is 7.62. The molecule has 3 heterocycles. The van der Waals surface area contributed by atoms with Crippen LogP contribution in [0.5, 0.6) is 5.75 Å². The number of anilines is 1. The first-order valence-corrected chi connectivity index (χ1v) is 10.3. The molecule has 1 aromatic heterocycles. The van der Waals surface area contributed by atoms with Crippen molar-refractivity contribution in [1.82, 2.24) is 4.90 Å². The van der Waals surface area contributed by atoms with Crippen LogP contribution in [0.3, 0.4) is 0 Å². The Morgan fingerprint density at radius 3 is 2.74 bits per heavy atom. The summed E-state index contributed by atoms with van der Waals surface area (Å²) in [5.41, 5.74) is 3.27. The van der Waals surface area contributed by atoms with Gasteiger partial charge in [-0.05, 0) is 56.5 Å². The van der Waals surface area contributed by atoms with E-state index in [0.717, 1.165) is 43.3 Å². The Morgan fingerprint density at radius 2 is 2.07 bits per heavy atom. The first kappa shape index (κ1) is 18.5. The zero-order valence-electron chi connectivity index (χ0n) is 16.2. The Kier molecular flexibility index (Phi) is 5.21.